The van der Waals surface area contributed by atoms with Crippen LogP contribution in [0.4, 0.5) is 17.1 Å². The molecule has 0 saturated carbocycles. The summed E-state index contributed by atoms with van der Waals surface area (Å²) in [6.45, 7) is 0. The Balaban J connectivity index is 1.16. The fourth-order valence-corrected chi connectivity index (χ4v) is 9.95. The highest BCUT2D eigenvalue weighted by molar-refractivity contribution is 6.10. The van der Waals surface area contributed by atoms with E-state index >= 15 is 0 Å². The van der Waals surface area contributed by atoms with Gasteiger partial charge in [-0.3, -0.25) is 0 Å². The van der Waals surface area contributed by atoms with Crippen molar-refractivity contribution in [1.82, 2.24) is 0 Å². The molecule has 1 heterocycles. The second kappa shape index (κ2) is 12.3. The Morgan fingerprint density at radius 2 is 0.825 bits per heavy atom. The molecule has 0 N–H and O–H groups in total. The number of hydrogen-bond acceptors (Lipinski definition) is 2. The standard InChI is InChI=1S/C55H35NO/c1-2-15-36(16-3-1)37-29-31-38(32-30-37)56(52-27-14-23-46-45-22-9-13-28-53(45)57-54(46)52)39-33-34-51-47(35-39)41-18-5-4-17-40(41)42-19-6-10-24-48(42)55(51)49-25-11-7-20-43(49)44-21-8-12-26-50(44)55/h1-35H. The molecule has 2 nitrogen and oxygen atoms in total. The molecular formula is C55H35NO. The lowest BCUT2D eigenvalue weighted by Gasteiger charge is -2.36. The number of fused-ring (bicyclic) bond motifs is 15. The Morgan fingerprint density at radius 3 is 1.51 bits per heavy atom. The van der Waals surface area contributed by atoms with Gasteiger partial charge in [0.15, 0.2) is 5.58 Å². The Bertz CT molecular complexity index is 3140. The molecule has 0 atom stereocenters. The predicted molar refractivity (Wildman–Crippen MR) is 236 cm³/mol. The average molecular weight is 726 g/mol. The largest absolute Gasteiger partial charge is 0.454 e. The van der Waals surface area contributed by atoms with Gasteiger partial charge in [-0.05, 0) is 103 Å². The monoisotopic (exact) mass is 725 g/mol. The zero-order valence-corrected chi connectivity index (χ0v) is 31.1. The van der Waals surface area contributed by atoms with E-state index in [1.165, 1.54) is 66.8 Å². The Labute approximate surface area is 331 Å². The third-order valence-electron chi connectivity index (χ3n) is 12.3. The maximum Gasteiger partial charge on any atom is 0.159 e. The summed E-state index contributed by atoms with van der Waals surface area (Å²) < 4.78 is 6.74. The van der Waals surface area contributed by atoms with E-state index in [0.29, 0.717) is 0 Å². The minimum absolute atomic E-state index is 0.530. The minimum atomic E-state index is -0.530. The summed E-state index contributed by atoms with van der Waals surface area (Å²) in [7, 11) is 0. The van der Waals surface area contributed by atoms with Gasteiger partial charge in [-0.25, -0.2) is 0 Å². The normalized spacial score (nSPS) is 13.1. The maximum absolute atomic E-state index is 6.74. The number of para-hydroxylation sites is 2. The summed E-state index contributed by atoms with van der Waals surface area (Å²) >= 11 is 0. The fourth-order valence-electron chi connectivity index (χ4n) is 9.95. The number of rotatable bonds is 4. The van der Waals surface area contributed by atoms with Gasteiger partial charge in [0.2, 0.25) is 0 Å². The van der Waals surface area contributed by atoms with Gasteiger partial charge in [-0.15, -0.1) is 0 Å². The lowest BCUT2D eigenvalue weighted by molar-refractivity contribution is 0.669. The van der Waals surface area contributed by atoms with Gasteiger partial charge >= 0.3 is 0 Å². The number of anilines is 3. The summed E-state index contributed by atoms with van der Waals surface area (Å²) in [6, 6.07) is 77.6. The highest BCUT2D eigenvalue weighted by atomic mass is 16.3. The number of furan rings is 1. The number of hydrogen-bond donors (Lipinski definition) is 0. The first-order valence-corrected chi connectivity index (χ1v) is 19.7. The molecule has 266 valence electrons. The van der Waals surface area contributed by atoms with E-state index in [-0.39, 0.29) is 0 Å². The number of benzene rings is 9. The molecule has 0 bridgehead atoms. The first-order chi connectivity index (χ1) is 28.3. The van der Waals surface area contributed by atoms with E-state index in [1.54, 1.807) is 0 Å². The molecule has 2 heteroatoms. The van der Waals surface area contributed by atoms with E-state index in [1.807, 2.05) is 6.07 Å². The molecule has 10 aromatic rings. The maximum atomic E-state index is 6.74. The highest BCUT2D eigenvalue weighted by Crippen LogP contribution is 2.62. The van der Waals surface area contributed by atoms with Crippen molar-refractivity contribution < 1.29 is 4.42 Å². The van der Waals surface area contributed by atoms with Gasteiger partial charge in [0.25, 0.3) is 0 Å². The lowest BCUT2D eigenvalue weighted by Crippen LogP contribution is -2.29. The molecule has 1 aromatic heterocycles. The van der Waals surface area contributed by atoms with Gasteiger partial charge in [0.05, 0.1) is 11.1 Å². The van der Waals surface area contributed by atoms with Gasteiger partial charge in [0.1, 0.15) is 5.58 Å². The van der Waals surface area contributed by atoms with Crippen LogP contribution in [-0.2, 0) is 5.41 Å². The smallest absolute Gasteiger partial charge is 0.159 e. The third kappa shape index (κ3) is 4.53. The van der Waals surface area contributed by atoms with E-state index in [0.717, 1.165) is 39.0 Å². The van der Waals surface area contributed by atoms with Crippen molar-refractivity contribution in [3.8, 4) is 44.5 Å². The van der Waals surface area contributed by atoms with Crippen molar-refractivity contribution in [2.75, 3.05) is 4.90 Å². The van der Waals surface area contributed by atoms with Crippen LogP contribution >= 0.6 is 0 Å². The molecular weight excluding hydrogens is 691 g/mol. The van der Waals surface area contributed by atoms with Crippen molar-refractivity contribution >= 4 is 39.0 Å². The van der Waals surface area contributed by atoms with Crippen LogP contribution in [0.3, 0.4) is 0 Å². The fraction of sp³-hybridized carbons (Fsp3) is 0.0182. The summed E-state index contributed by atoms with van der Waals surface area (Å²) in [6.07, 6.45) is 0. The Hall–Kier alpha value is -7.42. The second-order valence-corrected chi connectivity index (χ2v) is 15.2. The summed E-state index contributed by atoms with van der Waals surface area (Å²) in [5.74, 6) is 0. The molecule has 0 radical (unpaired) electrons. The molecule has 0 amide bonds. The van der Waals surface area contributed by atoms with Crippen LogP contribution in [-0.4, -0.2) is 0 Å². The van der Waals surface area contributed by atoms with Crippen LogP contribution in [0.25, 0.3) is 66.4 Å². The van der Waals surface area contributed by atoms with Gasteiger partial charge in [-0.1, -0.05) is 176 Å². The van der Waals surface area contributed by atoms with Gasteiger partial charge < -0.3 is 9.32 Å². The molecule has 0 aliphatic heterocycles. The SMILES string of the molecule is c1ccc(-c2ccc(N(c3ccc4c(c3)-c3ccccc3-c3ccccc3C43c4ccccc4-c4ccccc43)c3cccc4c3oc3ccccc34)cc2)cc1. The van der Waals surface area contributed by atoms with Crippen molar-refractivity contribution in [1.29, 1.82) is 0 Å². The van der Waals surface area contributed by atoms with Crippen LogP contribution in [0, 0.1) is 0 Å². The Morgan fingerprint density at radius 1 is 0.333 bits per heavy atom. The molecule has 2 aliphatic carbocycles. The van der Waals surface area contributed by atoms with Crippen LogP contribution in [0.1, 0.15) is 22.3 Å². The molecule has 1 spiro atoms. The zero-order valence-electron chi connectivity index (χ0n) is 31.1. The molecule has 0 unspecified atom stereocenters. The number of nitrogens with zero attached hydrogens (tertiary/aromatic N) is 1. The first kappa shape index (κ1) is 31.9. The second-order valence-electron chi connectivity index (χ2n) is 15.2. The van der Waals surface area contributed by atoms with Crippen LogP contribution in [0.5, 0.6) is 0 Å². The van der Waals surface area contributed by atoms with Crippen molar-refractivity contribution in [2.45, 2.75) is 5.41 Å². The molecule has 2 aliphatic rings. The summed E-state index contributed by atoms with van der Waals surface area (Å²) in [5, 5.41) is 2.21. The van der Waals surface area contributed by atoms with Gasteiger partial charge in [-0.2, -0.15) is 0 Å². The van der Waals surface area contributed by atoms with Gasteiger partial charge in [0, 0.05) is 22.1 Å². The van der Waals surface area contributed by atoms with Crippen molar-refractivity contribution in [3.05, 3.63) is 235 Å². The van der Waals surface area contributed by atoms with E-state index < -0.39 is 5.41 Å². The minimum Gasteiger partial charge on any atom is -0.454 e. The van der Waals surface area contributed by atoms with E-state index in [4.69, 9.17) is 4.42 Å². The third-order valence-corrected chi connectivity index (χ3v) is 12.3. The van der Waals surface area contributed by atoms with Crippen molar-refractivity contribution in [3.63, 3.8) is 0 Å². The van der Waals surface area contributed by atoms with E-state index in [9.17, 15) is 0 Å². The summed E-state index contributed by atoms with van der Waals surface area (Å²) in [4.78, 5) is 2.38. The highest BCUT2D eigenvalue weighted by Gasteiger charge is 2.49. The zero-order chi connectivity index (χ0) is 37.5. The van der Waals surface area contributed by atoms with Crippen LogP contribution in [0.15, 0.2) is 217 Å². The molecule has 12 rings (SSSR count). The lowest BCUT2D eigenvalue weighted by atomic mass is 9.66. The molecule has 57 heavy (non-hydrogen) atoms. The Kier molecular flexibility index (Phi) is 6.88. The average Bonchev–Trinajstić information content (AvgIpc) is 3.78. The van der Waals surface area contributed by atoms with Crippen LogP contribution in [0.2, 0.25) is 0 Å². The predicted octanol–water partition coefficient (Wildman–Crippen LogP) is 14.7. The summed E-state index contributed by atoms with van der Waals surface area (Å²) in [5.41, 5.74) is 19.4. The van der Waals surface area contributed by atoms with E-state index in [2.05, 4.69) is 211 Å². The molecule has 0 saturated heterocycles. The molecule has 0 fully saturated rings. The van der Waals surface area contributed by atoms with Crippen LogP contribution < -0.4 is 4.90 Å². The topological polar surface area (TPSA) is 16.4 Å². The first-order valence-electron chi connectivity index (χ1n) is 19.7. The van der Waals surface area contributed by atoms with Crippen molar-refractivity contribution in [2.24, 2.45) is 0 Å². The molecule has 9 aromatic carbocycles. The quantitative estimate of drug-likeness (QED) is 0.180.